The van der Waals surface area contributed by atoms with Crippen molar-refractivity contribution in [2.45, 2.75) is 6.18 Å². The number of hydrogen-bond donors (Lipinski definition) is 2. The van der Waals surface area contributed by atoms with Gasteiger partial charge in [0.2, 0.25) is 0 Å². The van der Waals surface area contributed by atoms with Crippen LogP contribution in [0.3, 0.4) is 0 Å². The van der Waals surface area contributed by atoms with Gasteiger partial charge in [0, 0.05) is 7.05 Å². The van der Waals surface area contributed by atoms with E-state index < -0.39 is 30.3 Å². The molecule has 0 aliphatic carbocycles. The molecule has 0 heterocycles. The molecule has 5 nitrogen and oxygen atoms in total. The Kier molecular flexibility index (Phi) is 4.83. The van der Waals surface area contributed by atoms with Gasteiger partial charge in [-0.15, -0.1) is 0 Å². The molecule has 1 aromatic carbocycles. The van der Waals surface area contributed by atoms with Crippen LogP contribution in [0.4, 0.5) is 23.7 Å². The van der Waals surface area contributed by atoms with E-state index in [0.29, 0.717) is 6.07 Å². The Hall–Kier alpha value is -1.96. The summed E-state index contributed by atoms with van der Waals surface area (Å²) in [6.45, 7) is -0.595. The van der Waals surface area contributed by atoms with E-state index >= 15 is 0 Å². The zero-order chi connectivity index (χ0) is 15.5. The molecule has 0 aliphatic heterocycles. The highest BCUT2D eigenvalue weighted by Gasteiger charge is 2.31. The summed E-state index contributed by atoms with van der Waals surface area (Å²) in [5.74, 6) is -1.25. The standard InChI is InChI=1S/C11H10ClF3N2O3/c1-17(5-9(18)19)10(20)16-8-4-6(11(13,14)15)2-3-7(8)12/h2-4H,5H2,1H3,(H,16,20)(H,18,19). The number of rotatable bonds is 3. The normalized spacial score (nSPS) is 11.1. The molecule has 0 atom stereocenters. The number of carbonyl (C=O) groups excluding carboxylic acids is 1. The predicted octanol–water partition coefficient (Wildman–Crippen LogP) is 2.91. The topological polar surface area (TPSA) is 69.6 Å². The number of nitrogens with zero attached hydrogens (tertiary/aromatic N) is 1. The van der Waals surface area contributed by atoms with Crippen LogP contribution in [0.25, 0.3) is 0 Å². The van der Waals surface area contributed by atoms with Gasteiger partial charge in [0.15, 0.2) is 0 Å². The van der Waals surface area contributed by atoms with Crippen molar-refractivity contribution in [2.75, 3.05) is 18.9 Å². The SMILES string of the molecule is CN(CC(=O)O)C(=O)Nc1cc(C(F)(F)F)ccc1Cl. The molecule has 0 spiro atoms. The molecule has 0 aliphatic rings. The number of hydrogen-bond acceptors (Lipinski definition) is 2. The number of carboxylic acids is 1. The maximum atomic E-state index is 12.5. The molecule has 2 N–H and O–H groups in total. The van der Waals surface area contributed by atoms with Gasteiger partial charge in [0.1, 0.15) is 6.54 Å². The van der Waals surface area contributed by atoms with Crippen LogP contribution in [-0.2, 0) is 11.0 Å². The molecule has 2 amide bonds. The van der Waals surface area contributed by atoms with Crippen molar-refractivity contribution in [3.63, 3.8) is 0 Å². The van der Waals surface area contributed by atoms with Gasteiger partial charge in [0.25, 0.3) is 0 Å². The molecule has 0 bridgehead atoms. The van der Waals surface area contributed by atoms with E-state index in [1.807, 2.05) is 0 Å². The zero-order valence-electron chi connectivity index (χ0n) is 10.2. The molecule has 9 heteroatoms. The first-order chi connectivity index (χ1) is 9.11. The van der Waals surface area contributed by atoms with Gasteiger partial charge in [0.05, 0.1) is 16.3 Å². The molecule has 110 valence electrons. The summed E-state index contributed by atoms with van der Waals surface area (Å²) >= 11 is 5.68. The zero-order valence-corrected chi connectivity index (χ0v) is 10.9. The van der Waals surface area contributed by atoms with Crippen LogP contribution < -0.4 is 5.32 Å². The number of anilines is 1. The Morgan fingerprint density at radius 1 is 1.40 bits per heavy atom. The molecule has 0 saturated carbocycles. The van der Waals surface area contributed by atoms with Gasteiger partial charge in [-0.25, -0.2) is 4.79 Å². The highest BCUT2D eigenvalue weighted by Crippen LogP contribution is 2.33. The quantitative estimate of drug-likeness (QED) is 0.902. The number of nitrogens with one attached hydrogen (secondary N) is 1. The summed E-state index contributed by atoms with van der Waals surface area (Å²) in [4.78, 5) is 22.8. The van der Waals surface area contributed by atoms with Gasteiger partial charge in [-0.1, -0.05) is 11.6 Å². The van der Waals surface area contributed by atoms with Crippen LogP contribution in [0.2, 0.25) is 5.02 Å². The average Bonchev–Trinajstić information content (AvgIpc) is 2.29. The summed E-state index contributed by atoms with van der Waals surface area (Å²) in [6, 6.07) is 1.57. The summed E-state index contributed by atoms with van der Waals surface area (Å²) < 4.78 is 37.6. The third-order valence-electron chi connectivity index (χ3n) is 2.25. The first kappa shape index (κ1) is 16.1. The Balaban J connectivity index is 2.92. The second-order valence-electron chi connectivity index (χ2n) is 3.87. The lowest BCUT2D eigenvalue weighted by molar-refractivity contribution is -0.138. The van der Waals surface area contributed by atoms with Crippen LogP contribution in [0.1, 0.15) is 5.56 Å². The maximum Gasteiger partial charge on any atom is 0.416 e. The van der Waals surface area contributed by atoms with Crippen molar-refractivity contribution in [3.05, 3.63) is 28.8 Å². The molecule has 0 fully saturated rings. The van der Waals surface area contributed by atoms with Crippen LogP contribution in [0.5, 0.6) is 0 Å². The first-order valence-corrected chi connectivity index (χ1v) is 5.59. The van der Waals surface area contributed by atoms with Gasteiger partial charge in [-0.3, -0.25) is 4.79 Å². The fraction of sp³-hybridized carbons (Fsp3) is 0.273. The monoisotopic (exact) mass is 310 g/mol. The van der Waals surface area contributed by atoms with E-state index in [1.54, 1.807) is 0 Å². The van der Waals surface area contributed by atoms with E-state index in [4.69, 9.17) is 16.7 Å². The smallest absolute Gasteiger partial charge is 0.416 e. The summed E-state index contributed by atoms with van der Waals surface area (Å²) in [5.41, 5.74) is -1.22. The van der Waals surface area contributed by atoms with Crippen LogP contribution in [-0.4, -0.2) is 35.6 Å². The maximum absolute atomic E-state index is 12.5. The fourth-order valence-electron chi connectivity index (χ4n) is 1.28. The summed E-state index contributed by atoms with van der Waals surface area (Å²) in [7, 11) is 1.19. The Bertz CT molecular complexity index is 534. The van der Waals surface area contributed by atoms with E-state index in [1.165, 1.54) is 7.05 Å². The van der Waals surface area contributed by atoms with Crippen LogP contribution >= 0.6 is 11.6 Å². The van der Waals surface area contributed by atoms with Crippen molar-refractivity contribution in [1.29, 1.82) is 0 Å². The fourth-order valence-corrected chi connectivity index (χ4v) is 1.45. The lowest BCUT2D eigenvalue weighted by Gasteiger charge is -2.17. The Morgan fingerprint density at radius 2 is 2.00 bits per heavy atom. The number of alkyl halides is 3. The number of halogens is 4. The van der Waals surface area contributed by atoms with Crippen molar-refractivity contribution in [3.8, 4) is 0 Å². The highest BCUT2D eigenvalue weighted by atomic mass is 35.5. The van der Waals surface area contributed by atoms with E-state index in [-0.39, 0.29) is 10.7 Å². The largest absolute Gasteiger partial charge is 0.480 e. The Morgan fingerprint density at radius 3 is 2.50 bits per heavy atom. The van der Waals surface area contributed by atoms with E-state index in [9.17, 15) is 22.8 Å². The number of urea groups is 1. The minimum absolute atomic E-state index is 0.0879. The van der Waals surface area contributed by atoms with Crippen molar-refractivity contribution in [2.24, 2.45) is 0 Å². The number of likely N-dealkylation sites (N-methyl/N-ethyl adjacent to an activating group) is 1. The molecule has 0 radical (unpaired) electrons. The minimum atomic E-state index is -4.57. The van der Waals surface area contributed by atoms with Crippen LogP contribution in [0.15, 0.2) is 18.2 Å². The molecule has 1 rings (SSSR count). The average molecular weight is 311 g/mol. The van der Waals surface area contributed by atoms with Gasteiger partial charge < -0.3 is 15.3 Å². The number of benzene rings is 1. The van der Waals surface area contributed by atoms with Crippen LogP contribution in [0, 0.1) is 0 Å². The Labute approximate surface area is 116 Å². The second kappa shape index (κ2) is 6.00. The molecular formula is C11H10ClF3N2O3. The van der Waals surface area contributed by atoms with Gasteiger partial charge in [-0.2, -0.15) is 13.2 Å². The number of carbonyl (C=O) groups is 2. The number of amides is 2. The van der Waals surface area contributed by atoms with Crippen molar-refractivity contribution >= 4 is 29.3 Å². The molecule has 1 aromatic rings. The second-order valence-corrected chi connectivity index (χ2v) is 4.28. The van der Waals surface area contributed by atoms with E-state index in [2.05, 4.69) is 5.32 Å². The van der Waals surface area contributed by atoms with Gasteiger partial charge >= 0.3 is 18.2 Å². The number of aliphatic carboxylic acids is 1. The minimum Gasteiger partial charge on any atom is -0.480 e. The molecular weight excluding hydrogens is 301 g/mol. The lowest BCUT2D eigenvalue weighted by atomic mass is 10.2. The molecule has 0 aromatic heterocycles. The van der Waals surface area contributed by atoms with Crippen molar-refractivity contribution in [1.82, 2.24) is 4.90 Å². The molecule has 0 unspecified atom stereocenters. The first-order valence-electron chi connectivity index (χ1n) is 5.22. The van der Waals surface area contributed by atoms with Crippen molar-refractivity contribution < 1.29 is 27.9 Å². The molecule has 20 heavy (non-hydrogen) atoms. The summed E-state index contributed by atoms with van der Waals surface area (Å²) in [6.07, 6.45) is -4.57. The van der Waals surface area contributed by atoms with Gasteiger partial charge in [-0.05, 0) is 18.2 Å². The third kappa shape index (κ3) is 4.30. The third-order valence-corrected chi connectivity index (χ3v) is 2.58. The highest BCUT2D eigenvalue weighted by molar-refractivity contribution is 6.33. The number of carboxylic acid groups (broad SMARTS) is 1. The lowest BCUT2D eigenvalue weighted by Crippen LogP contribution is -2.35. The van der Waals surface area contributed by atoms with E-state index in [0.717, 1.165) is 17.0 Å². The predicted molar refractivity (Wildman–Crippen MR) is 65.7 cm³/mol. The summed E-state index contributed by atoms with van der Waals surface area (Å²) in [5, 5.41) is 10.5. The molecule has 0 saturated heterocycles.